The lowest BCUT2D eigenvalue weighted by Gasteiger charge is -2.42. The first-order valence-electron chi connectivity index (χ1n) is 8.99. The number of carbonyl (C=O) groups is 1. The number of hydrogen-bond acceptors (Lipinski definition) is 5. The highest BCUT2D eigenvalue weighted by Gasteiger charge is 2.31. The first-order chi connectivity index (χ1) is 12.1. The second-order valence-electron chi connectivity index (χ2n) is 6.76. The van der Waals surface area contributed by atoms with Crippen LogP contribution in [-0.4, -0.2) is 40.9 Å². The Hall–Kier alpha value is -2.21. The summed E-state index contributed by atoms with van der Waals surface area (Å²) in [4.78, 5) is 15.8. The van der Waals surface area contributed by atoms with Gasteiger partial charge in [0.15, 0.2) is 6.26 Å². The molecule has 2 heterocycles. The van der Waals surface area contributed by atoms with Crippen molar-refractivity contribution in [3.05, 3.63) is 48.6 Å². The van der Waals surface area contributed by atoms with E-state index in [0.717, 1.165) is 44.7 Å². The van der Waals surface area contributed by atoms with Crippen LogP contribution in [-0.2, 0) is 14.3 Å². The molecule has 0 aromatic heterocycles. The van der Waals surface area contributed by atoms with E-state index in [1.807, 2.05) is 0 Å². The van der Waals surface area contributed by atoms with Gasteiger partial charge in [0.05, 0.1) is 0 Å². The summed E-state index contributed by atoms with van der Waals surface area (Å²) in [5.74, 6) is 0.507. The van der Waals surface area contributed by atoms with Crippen molar-refractivity contribution in [1.82, 2.24) is 9.80 Å². The number of primary amides is 1. The standard InChI is InChI=1S/C19H27N3O3/c1-15(13-18(20)23)21-9-7-17(8-10-21)22(16-5-3-2-4-6-16)19-14-24-11-12-25-19/h2-3,5,11-12,14-15,17H,4,6-10,13H2,1H3,(H2,20,23)/t15-/m1/s1. The third kappa shape index (κ3) is 4.45. The van der Waals surface area contributed by atoms with Gasteiger partial charge in [0.2, 0.25) is 11.8 Å². The number of carbonyl (C=O) groups excluding carboxylic acids is 1. The molecule has 3 rings (SSSR count). The SMILES string of the molecule is C[C@H](CC(N)=O)N1CCC(N(C2=CC=CCC2)C2=COC=CO2)CC1. The summed E-state index contributed by atoms with van der Waals surface area (Å²) >= 11 is 0. The van der Waals surface area contributed by atoms with Gasteiger partial charge >= 0.3 is 0 Å². The minimum absolute atomic E-state index is 0.195. The highest BCUT2D eigenvalue weighted by atomic mass is 16.5. The maximum absolute atomic E-state index is 11.2. The van der Waals surface area contributed by atoms with Gasteiger partial charge < -0.3 is 20.1 Å². The van der Waals surface area contributed by atoms with E-state index in [2.05, 4.69) is 35.0 Å². The van der Waals surface area contributed by atoms with Gasteiger partial charge in [-0.3, -0.25) is 9.69 Å². The molecule has 2 N–H and O–H groups in total. The molecule has 0 aromatic rings. The Kier molecular flexibility index (Phi) is 5.81. The number of nitrogens with two attached hydrogens (primary N) is 1. The van der Waals surface area contributed by atoms with Crippen molar-refractivity contribution in [3.8, 4) is 0 Å². The predicted molar refractivity (Wildman–Crippen MR) is 95.6 cm³/mol. The molecule has 25 heavy (non-hydrogen) atoms. The van der Waals surface area contributed by atoms with Crippen LogP contribution in [0.3, 0.4) is 0 Å². The summed E-state index contributed by atoms with van der Waals surface area (Å²) in [6, 6.07) is 0.552. The molecule has 0 saturated carbocycles. The molecule has 1 fully saturated rings. The van der Waals surface area contributed by atoms with Gasteiger partial charge in [-0.1, -0.05) is 12.2 Å². The Morgan fingerprint density at radius 1 is 1.40 bits per heavy atom. The maximum atomic E-state index is 11.2. The molecule has 0 radical (unpaired) electrons. The number of allylic oxidation sites excluding steroid dienone is 4. The second kappa shape index (κ2) is 8.25. The topological polar surface area (TPSA) is 68.0 Å². The van der Waals surface area contributed by atoms with Crippen LogP contribution in [0, 0.1) is 0 Å². The molecule has 3 aliphatic rings. The predicted octanol–water partition coefficient (Wildman–Crippen LogP) is 2.57. The Morgan fingerprint density at radius 2 is 2.20 bits per heavy atom. The monoisotopic (exact) mass is 345 g/mol. The third-order valence-electron chi connectivity index (χ3n) is 5.01. The van der Waals surface area contributed by atoms with Crippen molar-refractivity contribution >= 4 is 5.91 Å². The van der Waals surface area contributed by atoms with Crippen molar-refractivity contribution < 1.29 is 14.3 Å². The van der Waals surface area contributed by atoms with E-state index in [0.29, 0.717) is 12.5 Å². The van der Waals surface area contributed by atoms with Crippen LogP contribution in [0.1, 0.15) is 39.0 Å². The number of hydrogen-bond donors (Lipinski definition) is 1. The Morgan fingerprint density at radius 3 is 2.80 bits per heavy atom. The number of amides is 1. The molecule has 0 aromatic carbocycles. The van der Waals surface area contributed by atoms with Crippen LogP contribution in [0.5, 0.6) is 0 Å². The highest BCUT2D eigenvalue weighted by Crippen LogP contribution is 2.31. The third-order valence-corrected chi connectivity index (χ3v) is 5.01. The van der Waals surface area contributed by atoms with Crippen LogP contribution >= 0.6 is 0 Å². The minimum Gasteiger partial charge on any atom is -0.464 e. The molecule has 6 nitrogen and oxygen atoms in total. The number of nitrogens with zero attached hydrogens (tertiary/aromatic N) is 2. The molecule has 1 saturated heterocycles. The van der Waals surface area contributed by atoms with E-state index in [1.54, 1.807) is 12.5 Å². The van der Waals surface area contributed by atoms with Crippen LogP contribution in [0.15, 0.2) is 48.6 Å². The summed E-state index contributed by atoms with van der Waals surface area (Å²) < 4.78 is 11.0. The first-order valence-corrected chi connectivity index (χ1v) is 8.99. The number of rotatable bonds is 6. The van der Waals surface area contributed by atoms with Gasteiger partial charge in [-0.15, -0.1) is 0 Å². The Labute approximate surface area is 149 Å². The lowest BCUT2D eigenvalue weighted by Crippen LogP contribution is -2.48. The van der Waals surface area contributed by atoms with Gasteiger partial charge in [0.25, 0.3) is 0 Å². The Balaban J connectivity index is 1.68. The van der Waals surface area contributed by atoms with Crippen LogP contribution < -0.4 is 5.73 Å². The Bertz CT molecular complexity index is 601. The zero-order valence-electron chi connectivity index (χ0n) is 14.8. The van der Waals surface area contributed by atoms with Crippen molar-refractivity contribution in [2.75, 3.05) is 13.1 Å². The molecule has 0 spiro atoms. The zero-order valence-corrected chi connectivity index (χ0v) is 14.8. The first kappa shape index (κ1) is 17.6. The van der Waals surface area contributed by atoms with Crippen molar-refractivity contribution in [3.63, 3.8) is 0 Å². The van der Waals surface area contributed by atoms with Gasteiger partial charge in [0, 0.05) is 37.3 Å². The fraction of sp³-hybridized carbons (Fsp3) is 0.526. The van der Waals surface area contributed by atoms with Crippen molar-refractivity contribution in [2.24, 2.45) is 5.73 Å². The van der Waals surface area contributed by atoms with E-state index in [9.17, 15) is 4.79 Å². The zero-order chi connectivity index (χ0) is 17.6. The van der Waals surface area contributed by atoms with E-state index in [1.165, 1.54) is 12.0 Å². The summed E-state index contributed by atoms with van der Waals surface area (Å²) in [5.41, 5.74) is 6.60. The van der Waals surface area contributed by atoms with E-state index < -0.39 is 0 Å². The summed E-state index contributed by atoms with van der Waals surface area (Å²) in [6.07, 6.45) is 15.7. The average molecular weight is 345 g/mol. The number of likely N-dealkylation sites (tertiary alicyclic amines) is 1. The van der Waals surface area contributed by atoms with Crippen LogP contribution in [0.4, 0.5) is 0 Å². The van der Waals surface area contributed by atoms with Gasteiger partial charge in [-0.05, 0) is 38.7 Å². The maximum Gasteiger partial charge on any atom is 0.235 e. The molecule has 6 heteroatoms. The quantitative estimate of drug-likeness (QED) is 0.801. The molecular weight excluding hydrogens is 318 g/mol. The van der Waals surface area contributed by atoms with E-state index in [4.69, 9.17) is 15.2 Å². The minimum atomic E-state index is -0.236. The fourth-order valence-electron chi connectivity index (χ4n) is 3.72. The molecule has 1 aliphatic carbocycles. The number of ether oxygens (including phenoxy) is 2. The van der Waals surface area contributed by atoms with Crippen LogP contribution in [0.25, 0.3) is 0 Å². The fourth-order valence-corrected chi connectivity index (χ4v) is 3.72. The van der Waals surface area contributed by atoms with Gasteiger partial charge in [-0.25, -0.2) is 0 Å². The largest absolute Gasteiger partial charge is 0.464 e. The molecular formula is C19H27N3O3. The molecule has 1 amide bonds. The second-order valence-corrected chi connectivity index (χ2v) is 6.76. The highest BCUT2D eigenvalue weighted by molar-refractivity contribution is 5.74. The molecule has 136 valence electrons. The molecule has 0 unspecified atom stereocenters. The smallest absolute Gasteiger partial charge is 0.235 e. The molecule has 0 bridgehead atoms. The molecule has 1 atom stereocenters. The van der Waals surface area contributed by atoms with E-state index in [-0.39, 0.29) is 11.9 Å². The van der Waals surface area contributed by atoms with Crippen molar-refractivity contribution in [2.45, 2.75) is 51.1 Å². The van der Waals surface area contributed by atoms with Gasteiger partial charge in [0.1, 0.15) is 12.5 Å². The molecule has 2 aliphatic heterocycles. The summed E-state index contributed by atoms with van der Waals surface area (Å²) in [5, 5.41) is 0. The lowest BCUT2D eigenvalue weighted by atomic mass is 9.98. The van der Waals surface area contributed by atoms with E-state index >= 15 is 0 Å². The normalized spacial score (nSPS) is 22.4. The summed E-state index contributed by atoms with van der Waals surface area (Å²) in [7, 11) is 0. The van der Waals surface area contributed by atoms with Crippen LogP contribution in [0.2, 0.25) is 0 Å². The summed E-state index contributed by atoms with van der Waals surface area (Å²) in [6.45, 7) is 3.97. The number of piperidine rings is 1. The van der Waals surface area contributed by atoms with Crippen molar-refractivity contribution in [1.29, 1.82) is 0 Å². The van der Waals surface area contributed by atoms with Gasteiger partial charge in [-0.2, -0.15) is 0 Å². The lowest BCUT2D eigenvalue weighted by molar-refractivity contribution is -0.119. The average Bonchev–Trinajstić information content (AvgIpc) is 2.64.